The van der Waals surface area contributed by atoms with E-state index in [0.29, 0.717) is 28.7 Å². The Kier molecular flexibility index (Phi) is 12.5. The van der Waals surface area contributed by atoms with Gasteiger partial charge >= 0.3 is 0 Å². The number of carbonyl (C=O) groups is 4. The van der Waals surface area contributed by atoms with Gasteiger partial charge < -0.3 is 28.6 Å². The van der Waals surface area contributed by atoms with Gasteiger partial charge in [-0.05, 0) is 42.4 Å². The van der Waals surface area contributed by atoms with Gasteiger partial charge in [0.25, 0.3) is 23.6 Å². The normalized spacial score (nSPS) is 19.1. The third kappa shape index (κ3) is 7.25. The molecule has 0 saturated heterocycles. The molecule has 5 N–H and O–H groups in total. The molecule has 0 radical (unpaired) electrons. The van der Waals surface area contributed by atoms with E-state index in [-0.39, 0.29) is 88.7 Å². The molecular weight excluding hydrogens is 969 g/mol. The molecule has 15 heteroatoms. The fraction of sp³-hybridized carbons (Fsp3) is 0.241. The minimum Gasteiger partial charge on any atom is -0.410 e. The fourth-order valence-corrected chi connectivity index (χ4v) is 12.9. The SMILES string of the molecule is C.C.CC(C)(C)[Si](C)(C)O[C@H]1C=C[C@@H](n2c3ccccc3c3c4c(c5c6ccccc6[nH]c5c32)C(=O)NC4=O)C1.O=C1NC(=O)c2c1c1c3ccccc3[nH]c1c1c2c2ccccc2n1[C@@H]1C=C[C@H](O)C1.S.S. The lowest BCUT2D eigenvalue weighted by Gasteiger charge is -2.38. The van der Waals surface area contributed by atoms with E-state index < -0.39 is 14.4 Å². The summed E-state index contributed by atoms with van der Waals surface area (Å²) in [5.74, 6) is -1.37. The number of aromatic nitrogens is 4. The standard InChI is InChI=1S/C31H31N3O3Si.C25H17N3O3.2CH4.2H2S/c1-31(2,3)38(4,5)37-18-15-14-17(16-18)34-22-13-9-7-11-20(22)24-26-25(29(35)33-30(26)36)23-19-10-6-8-12-21(19)32-27(23)28(24)34;29-13-10-9-12(11-13)28-17-8-4-2-6-15(17)19-21-20(24(30)27-25(21)31)18-14-5-1-3-7-16(14)26-22(18)23(19)28;;;;/h6-15,17-18,32H,16H2,1-5H3,(H,33,35,36);1-10,12-13,26,29H,11H2,(H,27,30,31);2*1H4;2*1H2/t17-,18+;12-,13+;;;;/m11..../s1. The predicted octanol–water partition coefficient (Wildman–Crippen LogP) is 12.9. The number of hydrogen-bond acceptors (Lipinski definition) is 6. The van der Waals surface area contributed by atoms with Crippen LogP contribution in [0.25, 0.3) is 87.2 Å². The number of allylic oxidation sites excluding steroid dienone is 2. The second-order valence-electron chi connectivity index (χ2n) is 20.5. The third-order valence-electron chi connectivity index (χ3n) is 15.5. The number of amides is 4. The number of nitrogens with zero attached hydrogens (tertiary/aromatic N) is 2. The van der Waals surface area contributed by atoms with Crippen molar-refractivity contribution in [3.63, 3.8) is 0 Å². The van der Waals surface area contributed by atoms with Crippen molar-refractivity contribution in [2.24, 2.45) is 0 Å². The van der Waals surface area contributed by atoms with Gasteiger partial charge in [-0.3, -0.25) is 29.8 Å². The van der Waals surface area contributed by atoms with Crippen LogP contribution in [-0.2, 0) is 4.43 Å². The van der Waals surface area contributed by atoms with Gasteiger partial charge in [-0.2, -0.15) is 27.0 Å². The highest BCUT2D eigenvalue weighted by molar-refractivity contribution is 7.59. The van der Waals surface area contributed by atoms with Crippen molar-refractivity contribution in [2.45, 2.75) is 90.9 Å². The van der Waals surface area contributed by atoms with E-state index in [0.717, 1.165) is 93.6 Å². The van der Waals surface area contributed by atoms with Gasteiger partial charge in [-0.25, -0.2) is 0 Å². The lowest BCUT2D eigenvalue weighted by Crippen LogP contribution is -2.43. The quantitative estimate of drug-likeness (QED) is 0.0669. The molecule has 4 atom stereocenters. The third-order valence-corrected chi connectivity index (χ3v) is 20.0. The van der Waals surface area contributed by atoms with Gasteiger partial charge in [0.15, 0.2) is 8.32 Å². The first-order valence-corrected chi connectivity index (χ1v) is 26.5. The number of rotatable bonds is 4. The number of nitrogens with one attached hydrogen (secondary N) is 4. The largest absolute Gasteiger partial charge is 0.410 e. The maximum Gasteiger partial charge on any atom is 0.259 e. The van der Waals surface area contributed by atoms with E-state index in [1.54, 1.807) is 0 Å². The summed E-state index contributed by atoms with van der Waals surface area (Å²) in [5.41, 5.74) is 9.29. The smallest absolute Gasteiger partial charge is 0.259 e. The van der Waals surface area contributed by atoms with Crippen LogP contribution < -0.4 is 10.6 Å². The molecule has 73 heavy (non-hydrogen) atoms. The molecule has 2 aliphatic heterocycles. The number of H-pyrrole nitrogens is 2. The molecule has 4 amide bonds. The molecule has 374 valence electrons. The van der Waals surface area contributed by atoms with Crippen LogP contribution in [0, 0.1) is 0 Å². The summed E-state index contributed by atoms with van der Waals surface area (Å²) in [6.07, 6.45) is 9.21. The van der Waals surface area contributed by atoms with E-state index in [9.17, 15) is 24.3 Å². The van der Waals surface area contributed by atoms with Gasteiger partial charge in [0, 0.05) is 78.0 Å². The molecule has 0 spiro atoms. The zero-order valence-corrected chi connectivity index (χ0v) is 42.7. The van der Waals surface area contributed by atoms with Crippen LogP contribution in [0.4, 0.5) is 0 Å². The number of carbonyl (C=O) groups excluding carboxylic acids is 4. The number of imide groups is 2. The Morgan fingerprint density at radius 2 is 0.918 bits per heavy atom. The molecule has 2 aliphatic carbocycles. The first-order valence-electron chi connectivity index (χ1n) is 23.6. The molecule has 10 aromatic rings. The Hall–Kier alpha value is -6.88. The molecule has 0 bridgehead atoms. The molecule has 0 fully saturated rings. The van der Waals surface area contributed by atoms with Crippen molar-refractivity contribution in [3.05, 3.63) is 144 Å². The summed E-state index contributed by atoms with van der Waals surface area (Å²) in [5, 5.41) is 22.4. The first kappa shape index (κ1) is 51.0. The highest BCUT2D eigenvalue weighted by Crippen LogP contribution is 2.48. The van der Waals surface area contributed by atoms with Gasteiger partial charge in [-0.1, -0.05) is 133 Å². The molecule has 6 heterocycles. The highest BCUT2D eigenvalue weighted by Gasteiger charge is 2.42. The Balaban J connectivity index is 0.000000173. The number of fused-ring (bicyclic) bond motifs is 20. The van der Waals surface area contributed by atoms with Crippen LogP contribution in [0.15, 0.2) is 121 Å². The summed E-state index contributed by atoms with van der Waals surface area (Å²) in [7, 11) is -1.95. The van der Waals surface area contributed by atoms with Gasteiger partial charge in [0.05, 0.1) is 68.6 Å². The maximum atomic E-state index is 13.3. The average molecular weight is 1030 g/mol. The van der Waals surface area contributed by atoms with Crippen LogP contribution in [0.1, 0.15) is 102 Å². The highest BCUT2D eigenvalue weighted by atomic mass is 32.1. The first-order chi connectivity index (χ1) is 33.2. The van der Waals surface area contributed by atoms with Crippen molar-refractivity contribution >= 4 is 146 Å². The molecule has 4 aromatic heterocycles. The van der Waals surface area contributed by atoms with Crippen LogP contribution >= 0.6 is 27.0 Å². The zero-order chi connectivity index (χ0) is 47.4. The second-order valence-corrected chi connectivity index (χ2v) is 25.2. The number of aliphatic hydroxyl groups excluding tert-OH is 1. The van der Waals surface area contributed by atoms with E-state index in [4.69, 9.17) is 4.43 Å². The van der Waals surface area contributed by atoms with Gasteiger partial charge in [-0.15, -0.1) is 0 Å². The number of para-hydroxylation sites is 4. The Morgan fingerprint density at radius 1 is 0.534 bits per heavy atom. The lowest BCUT2D eigenvalue weighted by molar-refractivity contribution is 0.0864. The van der Waals surface area contributed by atoms with E-state index in [1.165, 1.54) is 0 Å². The van der Waals surface area contributed by atoms with E-state index in [2.05, 4.69) is 87.9 Å². The monoisotopic (exact) mass is 1030 g/mol. The van der Waals surface area contributed by atoms with Crippen LogP contribution in [0.3, 0.4) is 0 Å². The van der Waals surface area contributed by atoms with E-state index >= 15 is 0 Å². The number of hydrogen-bond donors (Lipinski definition) is 5. The molecule has 14 rings (SSSR count). The maximum absolute atomic E-state index is 13.3. The van der Waals surface area contributed by atoms with Gasteiger partial charge in [0.1, 0.15) is 0 Å². The Bertz CT molecular complexity index is 4060. The lowest BCUT2D eigenvalue weighted by atomic mass is 9.96. The molecule has 0 unspecified atom stereocenters. The summed E-state index contributed by atoms with van der Waals surface area (Å²) >= 11 is 0. The number of aliphatic hydroxyl groups is 1. The van der Waals surface area contributed by atoms with Crippen molar-refractivity contribution < 1.29 is 28.7 Å². The van der Waals surface area contributed by atoms with E-state index in [1.807, 2.05) is 97.1 Å². The Labute approximate surface area is 436 Å². The molecule has 0 saturated carbocycles. The summed E-state index contributed by atoms with van der Waals surface area (Å²) in [6.45, 7) is 11.4. The number of benzene rings is 6. The van der Waals surface area contributed by atoms with Crippen LogP contribution in [0.5, 0.6) is 0 Å². The average Bonchev–Trinajstić information content (AvgIpc) is 4.20. The van der Waals surface area contributed by atoms with Crippen molar-refractivity contribution in [3.8, 4) is 0 Å². The van der Waals surface area contributed by atoms with Crippen LogP contribution in [-0.4, -0.2) is 68.4 Å². The topological polar surface area (TPSA) is 163 Å². The second kappa shape index (κ2) is 18.0. The van der Waals surface area contributed by atoms with Crippen LogP contribution in [0.2, 0.25) is 18.1 Å². The molecule has 12 nitrogen and oxygen atoms in total. The zero-order valence-electron chi connectivity index (χ0n) is 39.7. The number of aromatic amines is 2. The summed E-state index contributed by atoms with van der Waals surface area (Å²) in [6, 6.07) is 32.0. The molecular formula is C58H60N6O6S2Si. The Morgan fingerprint density at radius 3 is 1.34 bits per heavy atom. The van der Waals surface area contributed by atoms with Crippen molar-refractivity contribution in [2.75, 3.05) is 0 Å². The van der Waals surface area contributed by atoms with Gasteiger partial charge in [0.2, 0.25) is 0 Å². The minimum atomic E-state index is -1.95. The fourth-order valence-electron chi connectivity index (χ4n) is 11.6. The van der Waals surface area contributed by atoms with Crippen molar-refractivity contribution in [1.29, 1.82) is 0 Å². The summed E-state index contributed by atoms with van der Waals surface area (Å²) < 4.78 is 11.3. The summed E-state index contributed by atoms with van der Waals surface area (Å²) in [4.78, 5) is 59.5. The minimum absolute atomic E-state index is 0. The molecule has 4 aliphatic rings. The van der Waals surface area contributed by atoms with Crippen molar-refractivity contribution in [1.82, 2.24) is 29.7 Å². The predicted molar refractivity (Wildman–Crippen MR) is 309 cm³/mol. The molecule has 6 aromatic carbocycles.